The maximum Gasteiger partial charge on any atom is 0.137 e. The molecule has 0 saturated carbocycles. The Kier molecular flexibility index (Phi) is 2.90. The van der Waals surface area contributed by atoms with E-state index in [9.17, 15) is 0 Å². The van der Waals surface area contributed by atoms with Gasteiger partial charge in [-0.3, -0.25) is 0 Å². The maximum atomic E-state index is 5.98. The zero-order chi connectivity index (χ0) is 15.1. The van der Waals surface area contributed by atoms with Crippen molar-refractivity contribution < 1.29 is 4.42 Å². The molecule has 22 heavy (non-hydrogen) atoms. The molecule has 4 rings (SSSR count). The highest BCUT2D eigenvalue weighted by Gasteiger charge is 2.15. The Morgan fingerprint density at radius 3 is 2.36 bits per heavy atom. The molecule has 2 nitrogen and oxygen atoms in total. The summed E-state index contributed by atoms with van der Waals surface area (Å²) in [6.45, 7) is 2.15. The number of rotatable bonds is 2. The maximum absolute atomic E-state index is 5.98. The molecule has 1 heterocycles. The van der Waals surface area contributed by atoms with Gasteiger partial charge in [0, 0.05) is 18.0 Å². The number of hydrogen-bond donors (Lipinski definition) is 1. The second kappa shape index (κ2) is 4.92. The molecule has 0 radical (unpaired) electrons. The minimum atomic E-state index is 0.919. The lowest BCUT2D eigenvalue weighted by Crippen LogP contribution is -1.94. The molecular formula is C20H17NO. The quantitative estimate of drug-likeness (QED) is 0.519. The van der Waals surface area contributed by atoms with E-state index in [1.165, 1.54) is 16.7 Å². The SMILES string of the molecule is CNc1c(-c2ccccc2C)ccc2oc3ccccc3c12. The first-order chi connectivity index (χ1) is 10.8. The largest absolute Gasteiger partial charge is 0.456 e. The van der Waals surface area contributed by atoms with E-state index in [2.05, 4.69) is 60.8 Å². The van der Waals surface area contributed by atoms with Gasteiger partial charge >= 0.3 is 0 Å². The minimum Gasteiger partial charge on any atom is -0.456 e. The number of benzene rings is 3. The molecule has 0 aliphatic rings. The summed E-state index contributed by atoms with van der Waals surface area (Å²) in [4.78, 5) is 0. The molecule has 0 bridgehead atoms. The van der Waals surface area contributed by atoms with Gasteiger partial charge in [-0.25, -0.2) is 0 Å². The van der Waals surface area contributed by atoms with Crippen LogP contribution in [0.15, 0.2) is 65.1 Å². The Hall–Kier alpha value is -2.74. The highest BCUT2D eigenvalue weighted by molar-refractivity contribution is 6.14. The Morgan fingerprint density at radius 2 is 1.55 bits per heavy atom. The van der Waals surface area contributed by atoms with Crippen LogP contribution in [0.4, 0.5) is 5.69 Å². The van der Waals surface area contributed by atoms with E-state index >= 15 is 0 Å². The lowest BCUT2D eigenvalue weighted by atomic mass is 9.96. The van der Waals surface area contributed by atoms with Gasteiger partial charge < -0.3 is 9.73 Å². The van der Waals surface area contributed by atoms with E-state index in [0.717, 1.165) is 27.6 Å². The molecule has 1 N–H and O–H groups in total. The van der Waals surface area contributed by atoms with Gasteiger partial charge in [0.05, 0.1) is 11.1 Å². The second-order valence-corrected chi connectivity index (χ2v) is 5.52. The fourth-order valence-electron chi connectivity index (χ4n) is 3.18. The molecule has 108 valence electrons. The monoisotopic (exact) mass is 287 g/mol. The van der Waals surface area contributed by atoms with Crippen molar-refractivity contribution >= 4 is 27.6 Å². The van der Waals surface area contributed by atoms with Crippen molar-refractivity contribution in [1.82, 2.24) is 0 Å². The van der Waals surface area contributed by atoms with E-state index in [4.69, 9.17) is 4.42 Å². The molecule has 0 aliphatic carbocycles. The number of nitrogens with one attached hydrogen (secondary N) is 1. The molecule has 0 amide bonds. The number of anilines is 1. The Morgan fingerprint density at radius 1 is 0.773 bits per heavy atom. The topological polar surface area (TPSA) is 25.2 Å². The van der Waals surface area contributed by atoms with Crippen LogP contribution in [-0.4, -0.2) is 7.05 Å². The zero-order valence-corrected chi connectivity index (χ0v) is 12.7. The molecule has 0 spiro atoms. The number of furan rings is 1. The number of fused-ring (bicyclic) bond motifs is 3. The smallest absolute Gasteiger partial charge is 0.137 e. The van der Waals surface area contributed by atoms with Gasteiger partial charge in [-0.2, -0.15) is 0 Å². The minimum absolute atomic E-state index is 0.919. The van der Waals surface area contributed by atoms with Gasteiger partial charge in [-0.1, -0.05) is 42.5 Å². The van der Waals surface area contributed by atoms with Crippen LogP contribution in [0.3, 0.4) is 0 Å². The van der Waals surface area contributed by atoms with Gasteiger partial charge in [0.25, 0.3) is 0 Å². The van der Waals surface area contributed by atoms with Crippen LogP contribution in [0.2, 0.25) is 0 Å². The predicted octanol–water partition coefficient (Wildman–Crippen LogP) is 5.60. The summed E-state index contributed by atoms with van der Waals surface area (Å²) >= 11 is 0. The van der Waals surface area contributed by atoms with Gasteiger partial charge in [-0.15, -0.1) is 0 Å². The van der Waals surface area contributed by atoms with Crippen LogP contribution >= 0.6 is 0 Å². The number of aryl methyl sites for hydroxylation is 1. The van der Waals surface area contributed by atoms with Crippen molar-refractivity contribution in [1.29, 1.82) is 0 Å². The molecule has 4 aromatic rings. The third-order valence-corrected chi connectivity index (χ3v) is 4.23. The fourth-order valence-corrected chi connectivity index (χ4v) is 3.18. The Balaban J connectivity index is 2.13. The molecule has 0 fully saturated rings. The molecule has 0 aliphatic heterocycles. The summed E-state index contributed by atoms with van der Waals surface area (Å²) in [6.07, 6.45) is 0. The summed E-state index contributed by atoms with van der Waals surface area (Å²) in [5.41, 5.74) is 6.69. The Bertz CT molecular complexity index is 982. The highest BCUT2D eigenvalue weighted by atomic mass is 16.3. The van der Waals surface area contributed by atoms with Crippen LogP contribution in [0.5, 0.6) is 0 Å². The summed E-state index contributed by atoms with van der Waals surface area (Å²) in [5, 5.41) is 5.68. The van der Waals surface area contributed by atoms with E-state index < -0.39 is 0 Å². The highest BCUT2D eigenvalue weighted by Crippen LogP contribution is 2.40. The van der Waals surface area contributed by atoms with Crippen LogP contribution in [0.25, 0.3) is 33.1 Å². The van der Waals surface area contributed by atoms with Crippen LogP contribution < -0.4 is 5.32 Å². The lowest BCUT2D eigenvalue weighted by molar-refractivity contribution is 0.669. The van der Waals surface area contributed by atoms with Crippen LogP contribution in [-0.2, 0) is 0 Å². The van der Waals surface area contributed by atoms with E-state index in [1.54, 1.807) is 0 Å². The van der Waals surface area contributed by atoms with Crippen molar-refractivity contribution in [2.45, 2.75) is 6.92 Å². The van der Waals surface area contributed by atoms with Crippen molar-refractivity contribution in [3.8, 4) is 11.1 Å². The third-order valence-electron chi connectivity index (χ3n) is 4.23. The van der Waals surface area contributed by atoms with E-state index in [1.807, 2.05) is 19.2 Å². The summed E-state index contributed by atoms with van der Waals surface area (Å²) in [6, 6.07) is 20.9. The predicted molar refractivity (Wildman–Crippen MR) is 93.4 cm³/mol. The average molecular weight is 287 g/mol. The fraction of sp³-hybridized carbons (Fsp3) is 0.100. The zero-order valence-electron chi connectivity index (χ0n) is 12.7. The van der Waals surface area contributed by atoms with Gasteiger partial charge in [0.15, 0.2) is 0 Å². The van der Waals surface area contributed by atoms with E-state index in [-0.39, 0.29) is 0 Å². The summed E-state index contributed by atoms with van der Waals surface area (Å²) < 4.78 is 5.98. The van der Waals surface area contributed by atoms with Gasteiger partial charge in [0.1, 0.15) is 11.2 Å². The molecule has 2 heteroatoms. The molecule has 0 unspecified atom stereocenters. The second-order valence-electron chi connectivity index (χ2n) is 5.52. The normalized spacial score (nSPS) is 11.2. The first kappa shape index (κ1) is 13.0. The molecule has 0 atom stereocenters. The molecule has 0 saturated heterocycles. The first-order valence-electron chi connectivity index (χ1n) is 7.47. The number of hydrogen-bond acceptors (Lipinski definition) is 2. The molecule has 3 aromatic carbocycles. The lowest BCUT2D eigenvalue weighted by Gasteiger charge is -2.13. The average Bonchev–Trinajstić information content (AvgIpc) is 2.93. The van der Waals surface area contributed by atoms with Crippen molar-refractivity contribution in [3.05, 3.63) is 66.2 Å². The third kappa shape index (κ3) is 1.81. The van der Waals surface area contributed by atoms with Crippen molar-refractivity contribution in [2.24, 2.45) is 0 Å². The Labute approximate surface area is 129 Å². The van der Waals surface area contributed by atoms with Crippen LogP contribution in [0.1, 0.15) is 5.56 Å². The van der Waals surface area contributed by atoms with Gasteiger partial charge in [0.2, 0.25) is 0 Å². The standard InChI is InChI=1S/C20H17NO/c1-13-7-3-4-8-14(13)15-11-12-18-19(20(15)21-2)16-9-5-6-10-17(16)22-18/h3-12,21H,1-2H3. The van der Waals surface area contributed by atoms with Gasteiger partial charge in [-0.05, 0) is 36.2 Å². The van der Waals surface area contributed by atoms with Crippen molar-refractivity contribution in [3.63, 3.8) is 0 Å². The summed E-state index contributed by atoms with van der Waals surface area (Å²) in [5.74, 6) is 0. The summed E-state index contributed by atoms with van der Waals surface area (Å²) in [7, 11) is 1.97. The number of para-hydroxylation sites is 1. The van der Waals surface area contributed by atoms with Crippen molar-refractivity contribution in [2.75, 3.05) is 12.4 Å². The first-order valence-corrected chi connectivity index (χ1v) is 7.47. The molecule has 1 aromatic heterocycles. The van der Waals surface area contributed by atoms with Crippen LogP contribution in [0, 0.1) is 6.92 Å². The van der Waals surface area contributed by atoms with E-state index in [0.29, 0.717) is 0 Å². The molecular weight excluding hydrogens is 270 g/mol.